The summed E-state index contributed by atoms with van der Waals surface area (Å²) in [5.74, 6) is 0.0761. The fraction of sp³-hybridized carbons (Fsp3) is 0.0909. The highest BCUT2D eigenvalue weighted by Crippen LogP contribution is 2.26. The minimum absolute atomic E-state index is 0.197. The number of rotatable bonds is 6. The molecule has 4 rings (SSSR count). The van der Waals surface area contributed by atoms with Gasteiger partial charge in [-0.25, -0.2) is 9.48 Å². The van der Waals surface area contributed by atoms with Crippen molar-refractivity contribution in [1.82, 2.24) is 20.0 Å². The van der Waals surface area contributed by atoms with Gasteiger partial charge in [0, 0.05) is 17.8 Å². The number of para-hydroxylation sites is 1. The van der Waals surface area contributed by atoms with Crippen LogP contribution in [0.5, 0.6) is 0 Å². The van der Waals surface area contributed by atoms with Gasteiger partial charge in [-0.3, -0.25) is 0 Å². The first-order valence-corrected chi connectivity index (χ1v) is 9.62. The molecule has 2 heterocycles. The Kier molecular flexibility index (Phi) is 5.72. The number of esters is 1. The summed E-state index contributed by atoms with van der Waals surface area (Å²) in [6.45, 7) is 2.00. The molecule has 0 atom stereocenters. The van der Waals surface area contributed by atoms with E-state index in [2.05, 4.69) is 15.3 Å². The maximum Gasteiger partial charge on any atom is 0.359 e. The van der Waals surface area contributed by atoms with Gasteiger partial charge in [0.1, 0.15) is 0 Å². The van der Waals surface area contributed by atoms with Crippen LogP contribution in [0.2, 0.25) is 5.02 Å². The molecule has 0 aliphatic heterocycles. The number of nitrogens with zero attached hydrogens (tertiary/aromatic N) is 4. The minimum Gasteiger partial charge on any atom is -0.461 e. The van der Waals surface area contributed by atoms with Crippen molar-refractivity contribution in [3.05, 3.63) is 83.0 Å². The SMILES string of the molecule is CCOC(=O)c1nn(-c2ccccc2)cc1/C=C/c1nnc(-c2ccccc2Cl)o1. The minimum atomic E-state index is -0.505. The van der Waals surface area contributed by atoms with Crippen molar-refractivity contribution in [2.24, 2.45) is 0 Å². The second kappa shape index (κ2) is 8.75. The first kappa shape index (κ1) is 19.6. The van der Waals surface area contributed by atoms with E-state index in [1.807, 2.05) is 42.5 Å². The molecule has 4 aromatic rings. The molecule has 150 valence electrons. The van der Waals surface area contributed by atoms with Crippen LogP contribution in [0.4, 0.5) is 0 Å². The largest absolute Gasteiger partial charge is 0.461 e. The lowest BCUT2D eigenvalue weighted by Crippen LogP contribution is -2.07. The standard InChI is InChI=1S/C22H17ClN4O3/c1-2-29-22(28)20-15(14-27(26-20)16-8-4-3-5-9-16)12-13-19-24-25-21(30-19)17-10-6-7-11-18(17)23/h3-14H,2H2,1H3/b13-12+. The van der Waals surface area contributed by atoms with Gasteiger partial charge in [0.05, 0.1) is 22.9 Å². The van der Waals surface area contributed by atoms with Gasteiger partial charge in [-0.15, -0.1) is 10.2 Å². The van der Waals surface area contributed by atoms with Gasteiger partial charge >= 0.3 is 5.97 Å². The third-order valence-corrected chi connectivity index (χ3v) is 4.51. The summed E-state index contributed by atoms with van der Waals surface area (Å²) in [7, 11) is 0. The molecule has 0 saturated carbocycles. The zero-order valence-corrected chi connectivity index (χ0v) is 16.8. The van der Waals surface area contributed by atoms with Crippen LogP contribution in [0.1, 0.15) is 28.9 Å². The van der Waals surface area contributed by atoms with Crippen LogP contribution in [0.3, 0.4) is 0 Å². The molecule has 0 aliphatic carbocycles. The van der Waals surface area contributed by atoms with Crippen LogP contribution in [0.15, 0.2) is 65.2 Å². The Bertz CT molecular complexity index is 1200. The van der Waals surface area contributed by atoms with Gasteiger partial charge in [0.15, 0.2) is 5.69 Å². The highest BCUT2D eigenvalue weighted by molar-refractivity contribution is 6.33. The second-order valence-electron chi connectivity index (χ2n) is 6.19. The number of hydrogen-bond acceptors (Lipinski definition) is 6. The summed E-state index contributed by atoms with van der Waals surface area (Å²) in [5, 5.41) is 13.0. The van der Waals surface area contributed by atoms with Crippen molar-refractivity contribution in [3.8, 4) is 17.1 Å². The maximum absolute atomic E-state index is 12.4. The number of hydrogen-bond donors (Lipinski definition) is 0. The van der Waals surface area contributed by atoms with E-state index in [0.29, 0.717) is 22.0 Å². The number of carbonyl (C=O) groups is 1. The predicted octanol–water partition coefficient (Wildman–Crippen LogP) is 4.92. The number of aromatic nitrogens is 4. The lowest BCUT2D eigenvalue weighted by molar-refractivity contribution is 0.0518. The molecule has 0 N–H and O–H groups in total. The Morgan fingerprint density at radius 1 is 1.10 bits per heavy atom. The molecule has 0 spiro atoms. The molecule has 30 heavy (non-hydrogen) atoms. The van der Waals surface area contributed by atoms with Crippen molar-refractivity contribution in [2.75, 3.05) is 6.61 Å². The normalized spacial score (nSPS) is 11.1. The number of ether oxygens (including phenoxy) is 1. The van der Waals surface area contributed by atoms with E-state index in [-0.39, 0.29) is 18.2 Å². The summed E-state index contributed by atoms with van der Waals surface area (Å²) in [6.07, 6.45) is 5.04. The third-order valence-electron chi connectivity index (χ3n) is 4.18. The average molecular weight is 421 g/mol. The van der Waals surface area contributed by atoms with Crippen molar-refractivity contribution in [1.29, 1.82) is 0 Å². The van der Waals surface area contributed by atoms with E-state index in [1.165, 1.54) is 0 Å². The zero-order valence-electron chi connectivity index (χ0n) is 16.0. The van der Waals surface area contributed by atoms with Crippen LogP contribution in [0, 0.1) is 0 Å². The Balaban J connectivity index is 1.65. The molecule has 2 aromatic heterocycles. The molecule has 7 nitrogen and oxygen atoms in total. The van der Waals surface area contributed by atoms with Gasteiger partial charge in [-0.1, -0.05) is 41.9 Å². The van der Waals surface area contributed by atoms with Gasteiger partial charge in [-0.2, -0.15) is 5.10 Å². The van der Waals surface area contributed by atoms with Gasteiger partial charge in [-0.05, 0) is 37.3 Å². The summed E-state index contributed by atoms with van der Waals surface area (Å²) in [4.78, 5) is 12.4. The molecule has 0 radical (unpaired) electrons. The summed E-state index contributed by atoms with van der Waals surface area (Å²) < 4.78 is 12.4. The van der Waals surface area contributed by atoms with Crippen molar-refractivity contribution < 1.29 is 13.9 Å². The van der Waals surface area contributed by atoms with Crippen LogP contribution in [0.25, 0.3) is 29.3 Å². The van der Waals surface area contributed by atoms with E-state index in [4.69, 9.17) is 20.8 Å². The van der Waals surface area contributed by atoms with E-state index < -0.39 is 5.97 Å². The average Bonchev–Trinajstić information content (AvgIpc) is 3.41. The highest BCUT2D eigenvalue weighted by atomic mass is 35.5. The van der Waals surface area contributed by atoms with Crippen molar-refractivity contribution >= 4 is 29.7 Å². The van der Waals surface area contributed by atoms with E-state index in [9.17, 15) is 4.79 Å². The fourth-order valence-electron chi connectivity index (χ4n) is 2.79. The Labute approximate surface area is 177 Å². The van der Waals surface area contributed by atoms with Crippen molar-refractivity contribution in [2.45, 2.75) is 6.92 Å². The summed E-state index contributed by atoms with van der Waals surface area (Å²) in [5.41, 5.74) is 2.23. The Hall–Kier alpha value is -3.71. The molecular formula is C22H17ClN4O3. The van der Waals surface area contributed by atoms with Gasteiger partial charge in [0.25, 0.3) is 0 Å². The van der Waals surface area contributed by atoms with Crippen LogP contribution in [-0.2, 0) is 4.74 Å². The molecule has 2 aromatic carbocycles. The smallest absolute Gasteiger partial charge is 0.359 e. The van der Waals surface area contributed by atoms with Crippen LogP contribution < -0.4 is 0 Å². The molecular weight excluding hydrogens is 404 g/mol. The number of benzene rings is 2. The second-order valence-corrected chi connectivity index (χ2v) is 6.60. The highest BCUT2D eigenvalue weighted by Gasteiger charge is 2.17. The first-order valence-electron chi connectivity index (χ1n) is 9.24. The molecule has 0 fully saturated rings. The predicted molar refractivity (Wildman–Crippen MR) is 113 cm³/mol. The molecule has 8 heteroatoms. The van der Waals surface area contributed by atoms with E-state index in [1.54, 1.807) is 42.1 Å². The van der Waals surface area contributed by atoms with E-state index >= 15 is 0 Å². The summed E-state index contributed by atoms with van der Waals surface area (Å²) >= 11 is 6.18. The van der Waals surface area contributed by atoms with E-state index in [0.717, 1.165) is 5.69 Å². The number of halogens is 1. The van der Waals surface area contributed by atoms with Crippen LogP contribution >= 0.6 is 11.6 Å². The summed E-state index contributed by atoms with van der Waals surface area (Å²) in [6, 6.07) is 16.7. The molecule has 0 saturated heterocycles. The Morgan fingerprint density at radius 3 is 2.63 bits per heavy atom. The quantitative estimate of drug-likeness (QED) is 0.411. The molecule has 0 bridgehead atoms. The molecule has 0 amide bonds. The molecule has 0 unspecified atom stereocenters. The van der Waals surface area contributed by atoms with Crippen LogP contribution in [-0.4, -0.2) is 32.6 Å². The van der Waals surface area contributed by atoms with Crippen molar-refractivity contribution in [3.63, 3.8) is 0 Å². The number of carbonyl (C=O) groups excluding carboxylic acids is 1. The Morgan fingerprint density at radius 2 is 1.87 bits per heavy atom. The fourth-order valence-corrected chi connectivity index (χ4v) is 3.00. The maximum atomic E-state index is 12.4. The lowest BCUT2D eigenvalue weighted by Gasteiger charge is -2.00. The van der Waals surface area contributed by atoms with Gasteiger partial charge in [0.2, 0.25) is 11.8 Å². The lowest BCUT2D eigenvalue weighted by atomic mass is 10.2. The van der Waals surface area contributed by atoms with Gasteiger partial charge < -0.3 is 9.15 Å². The third kappa shape index (κ3) is 4.16. The molecule has 0 aliphatic rings. The topological polar surface area (TPSA) is 83.0 Å². The zero-order chi connectivity index (χ0) is 20.9. The monoisotopic (exact) mass is 420 g/mol. The first-order chi connectivity index (χ1) is 14.7.